The van der Waals surface area contributed by atoms with Crippen molar-refractivity contribution in [3.63, 3.8) is 0 Å². The van der Waals surface area contributed by atoms with E-state index in [1.165, 1.54) is 18.5 Å². The highest BCUT2D eigenvalue weighted by molar-refractivity contribution is 14.1. The molecule has 0 fully saturated rings. The molecule has 0 atom stereocenters. The van der Waals surface area contributed by atoms with Gasteiger partial charge in [0.1, 0.15) is 3.70 Å². The SMILES string of the molecule is CCCCc1c(I)ncn1C. The molecule has 62 valence electrons. The number of hydrogen-bond acceptors (Lipinski definition) is 1. The van der Waals surface area contributed by atoms with Crippen LogP contribution in [-0.4, -0.2) is 9.55 Å². The highest BCUT2D eigenvalue weighted by atomic mass is 127. The number of rotatable bonds is 3. The summed E-state index contributed by atoms with van der Waals surface area (Å²) < 4.78 is 3.26. The minimum Gasteiger partial charge on any atom is -0.337 e. The van der Waals surface area contributed by atoms with Gasteiger partial charge in [-0.15, -0.1) is 0 Å². The van der Waals surface area contributed by atoms with Gasteiger partial charge in [0.25, 0.3) is 0 Å². The first kappa shape index (κ1) is 9.03. The van der Waals surface area contributed by atoms with E-state index in [4.69, 9.17) is 0 Å². The Labute approximate surface area is 81.2 Å². The molecule has 2 nitrogen and oxygen atoms in total. The number of aromatic nitrogens is 2. The molecule has 1 heterocycles. The van der Waals surface area contributed by atoms with E-state index in [0.29, 0.717) is 0 Å². The molecular formula is C8H13IN2. The van der Waals surface area contributed by atoms with Crippen LogP contribution in [0.15, 0.2) is 6.33 Å². The number of hydrogen-bond donors (Lipinski definition) is 0. The van der Waals surface area contributed by atoms with Gasteiger partial charge in [-0.3, -0.25) is 0 Å². The van der Waals surface area contributed by atoms with Gasteiger partial charge in [-0.2, -0.15) is 0 Å². The largest absolute Gasteiger partial charge is 0.337 e. The first-order valence-corrected chi connectivity index (χ1v) is 4.99. The normalized spacial score (nSPS) is 10.5. The molecule has 0 spiro atoms. The lowest BCUT2D eigenvalue weighted by molar-refractivity contribution is 0.730. The molecule has 0 amide bonds. The Morgan fingerprint density at radius 3 is 2.82 bits per heavy atom. The van der Waals surface area contributed by atoms with Crippen LogP contribution in [0.3, 0.4) is 0 Å². The number of unbranched alkanes of at least 4 members (excludes halogenated alkanes) is 1. The van der Waals surface area contributed by atoms with Crippen molar-refractivity contribution in [1.82, 2.24) is 9.55 Å². The highest BCUT2D eigenvalue weighted by Gasteiger charge is 2.03. The van der Waals surface area contributed by atoms with E-state index in [2.05, 4.69) is 46.1 Å². The zero-order valence-corrected chi connectivity index (χ0v) is 9.13. The molecule has 0 radical (unpaired) electrons. The summed E-state index contributed by atoms with van der Waals surface area (Å²) in [5.41, 5.74) is 1.37. The van der Waals surface area contributed by atoms with Gasteiger partial charge in [0.2, 0.25) is 0 Å². The van der Waals surface area contributed by atoms with E-state index >= 15 is 0 Å². The molecule has 0 saturated carbocycles. The molecule has 1 aromatic rings. The lowest BCUT2D eigenvalue weighted by Crippen LogP contribution is -1.96. The second kappa shape index (κ2) is 4.09. The minimum atomic E-state index is 1.15. The summed E-state index contributed by atoms with van der Waals surface area (Å²) in [6, 6.07) is 0. The fraction of sp³-hybridized carbons (Fsp3) is 0.625. The van der Waals surface area contributed by atoms with E-state index in [1.54, 1.807) is 0 Å². The third kappa shape index (κ3) is 2.18. The van der Waals surface area contributed by atoms with Crippen molar-refractivity contribution in [2.75, 3.05) is 0 Å². The van der Waals surface area contributed by atoms with Crippen LogP contribution in [0.5, 0.6) is 0 Å². The lowest BCUT2D eigenvalue weighted by Gasteiger charge is -2.00. The average molecular weight is 264 g/mol. The molecule has 1 rings (SSSR count). The van der Waals surface area contributed by atoms with Crippen LogP contribution in [0, 0.1) is 3.70 Å². The first-order chi connectivity index (χ1) is 5.25. The second-order valence-electron chi connectivity index (χ2n) is 2.70. The van der Waals surface area contributed by atoms with Crippen molar-refractivity contribution in [2.24, 2.45) is 7.05 Å². The first-order valence-electron chi connectivity index (χ1n) is 3.91. The Bertz CT molecular complexity index is 210. The van der Waals surface area contributed by atoms with Gasteiger partial charge in [-0.1, -0.05) is 13.3 Å². The van der Waals surface area contributed by atoms with Crippen molar-refractivity contribution in [1.29, 1.82) is 0 Å². The summed E-state index contributed by atoms with van der Waals surface area (Å²) in [7, 11) is 2.06. The second-order valence-corrected chi connectivity index (χ2v) is 3.72. The van der Waals surface area contributed by atoms with E-state index in [0.717, 1.165) is 10.1 Å². The maximum absolute atomic E-state index is 4.22. The van der Waals surface area contributed by atoms with Gasteiger partial charge in [0.05, 0.1) is 12.0 Å². The maximum atomic E-state index is 4.22. The zero-order chi connectivity index (χ0) is 8.27. The van der Waals surface area contributed by atoms with Crippen LogP contribution in [0.25, 0.3) is 0 Å². The maximum Gasteiger partial charge on any atom is 0.122 e. The van der Waals surface area contributed by atoms with Crippen LogP contribution < -0.4 is 0 Å². The molecule has 0 N–H and O–H groups in total. The van der Waals surface area contributed by atoms with Crippen LogP contribution in [0.4, 0.5) is 0 Å². The number of halogens is 1. The van der Waals surface area contributed by atoms with Gasteiger partial charge < -0.3 is 4.57 Å². The highest BCUT2D eigenvalue weighted by Crippen LogP contribution is 2.11. The van der Waals surface area contributed by atoms with Crippen molar-refractivity contribution >= 4 is 22.6 Å². The van der Waals surface area contributed by atoms with E-state index in [-0.39, 0.29) is 0 Å². The Hall–Kier alpha value is -0.0600. The Morgan fingerprint density at radius 1 is 1.64 bits per heavy atom. The van der Waals surface area contributed by atoms with Crippen molar-refractivity contribution in [2.45, 2.75) is 26.2 Å². The molecule has 0 saturated heterocycles. The van der Waals surface area contributed by atoms with Crippen LogP contribution in [0.1, 0.15) is 25.5 Å². The summed E-state index contributed by atoms with van der Waals surface area (Å²) in [5.74, 6) is 0. The molecule has 0 unspecified atom stereocenters. The molecule has 3 heteroatoms. The summed E-state index contributed by atoms with van der Waals surface area (Å²) in [4.78, 5) is 4.22. The van der Waals surface area contributed by atoms with Crippen LogP contribution in [0.2, 0.25) is 0 Å². The molecule has 1 aromatic heterocycles. The molecule has 0 aliphatic heterocycles. The number of aryl methyl sites for hydroxylation is 1. The fourth-order valence-corrected chi connectivity index (χ4v) is 1.83. The summed E-state index contributed by atoms with van der Waals surface area (Å²) in [6.45, 7) is 2.21. The Balaban J connectivity index is 2.67. The topological polar surface area (TPSA) is 17.8 Å². The predicted molar refractivity (Wildman–Crippen MR) is 54.5 cm³/mol. The molecular weight excluding hydrogens is 251 g/mol. The Morgan fingerprint density at radius 2 is 2.36 bits per heavy atom. The van der Waals surface area contributed by atoms with Crippen molar-refractivity contribution < 1.29 is 0 Å². The average Bonchev–Trinajstić information content (AvgIpc) is 2.29. The smallest absolute Gasteiger partial charge is 0.122 e. The third-order valence-electron chi connectivity index (χ3n) is 1.78. The molecule has 0 bridgehead atoms. The zero-order valence-electron chi connectivity index (χ0n) is 6.97. The van der Waals surface area contributed by atoms with E-state index < -0.39 is 0 Å². The van der Waals surface area contributed by atoms with Gasteiger partial charge in [-0.05, 0) is 35.4 Å². The number of nitrogens with zero attached hydrogens (tertiary/aromatic N) is 2. The molecule has 0 aromatic carbocycles. The molecule has 0 aliphatic carbocycles. The Kier molecular flexibility index (Phi) is 3.36. The minimum absolute atomic E-state index is 1.15. The quantitative estimate of drug-likeness (QED) is 0.766. The van der Waals surface area contributed by atoms with E-state index in [1.807, 2.05) is 6.33 Å². The fourth-order valence-electron chi connectivity index (χ4n) is 1.05. The third-order valence-corrected chi connectivity index (χ3v) is 2.68. The van der Waals surface area contributed by atoms with Crippen molar-refractivity contribution in [3.8, 4) is 0 Å². The van der Waals surface area contributed by atoms with Gasteiger partial charge in [0, 0.05) is 7.05 Å². The summed E-state index contributed by atoms with van der Waals surface area (Å²) >= 11 is 2.29. The molecule has 0 aliphatic rings. The van der Waals surface area contributed by atoms with Gasteiger partial charge >= 0.3 is 0 Å². The standard InChI is InChI=1S/C8H13IN2/c1-3-4-5-7-8(9)10-6-11(7)2/h6H,3-5H2,1-2H3. The van der Waals surface area contributed by atoms with Crippen LogP contribution >= 0.6 is 22.6 Å². The van der Waals surface area contributed by atoms with Gasteiger partial charge in [0.15, 0.2) is 0 Å². The number of imidazole rings is 1. The lowest BCUT2D eigenvalue weighted by atomic mass is 10.2. The predicted octanol–water partition coefficient (Wildman–Crippen LogP) is 2.37. The molecule has 11 heavy (non-hydrogen) atoms. The van der Waals surface area contributed by atoms with E-state index in [9.17, 15) is 0 Å². The van der Waals surface area contributed by atoms with Gasteiger partial charge in [-0.25, -0.2) is 4.98 Å². The van der Waals surface area contributed by atoms with Crippen LogP contribution in [-0.2, 0) is 13.5 Å². The summed E-state index contributed by atoms with van der Waals surface area (Å²) in [5, 5.41) is 0. The summed E-state index contributed by atoms with van der Waals surface area (Å²) in [6.07, 6.45) is 5.55. The monoisotopic (exact) mass is 264 g/mol. The van der Waals surface area contributed by atoms with Crippen molar-refractivity contribution in [3.05, 3.63) is 15.7 Å².